The number of carbonyl (C=O) groups is 3. The van der Waals surface area contributed by atoms with Crippen molar-refractivity contribution in [3.8, 4) is 11.5 Å². The maximum absolute atomic E-state index is 12.4. The summed E-state index contributed by atoms with van der Waals surface area (Å²) in [4.78, 5) is 36.4. The van der Waals surface area contributed by atoms with Crippen molar-refractivity contribution in [2.45, 2.75) is 34.2 Å². The molecule has 0 radical (unpaired) electrons. The molecule has 0 aliphatic heterocycles. The third-order valence-electron chi connectivity index (χ3n) is 4.42. The van der Waals surface area contributed by atoms with Crippen LogP contribution in [0.4, 0.5) is 5.69 Å². The molecule has 8 nitrogen and oxygen atoms in total. The van der Waals surface area contributed by atoms with Gasteiger partial charge < -0.3 is 25.4 Å². The van der Waals surface area contributed by atoms with Crippen LogP contribution in [-0.4, -0.2) is 37.5 Å². The van der Waals surface area contributed by atoms with Crippen molar-refractivity contribution < 1.29 is 23.9 Å². The van der Waals surface area contributed by atoms with Crippen molar-refractivity contribution in [1.29, 1.82) is 0 Å². The van der Waals surface area contributed by atoms with E-state index in [0.29, 0.717) is 36.0 Å². The lowest BCUT2D eigenvalue weighted by molar-refractivity contribution is -0.120. The molecule has 172 valence electrons. The fourth-order valence-corrected chi connectivity index (χ4v) is 2.76. The molecule has 2 aromatic carbocycles. The molecule has 0 aliphatic rings. The van der Waals surface area contributed by atoms with E-state index in [4.69, 9.17) is 9.47 Å². The minimum Gasteiger partial charge on any atom is -0.490 e. The average Bonchev–Trinajstić information content (AvgIpc) is 2.77. The van der Waals surface area contributed by atoms with Gasteiger partial charge in [-0.15, -0.1) is 0 Å². The van der Waals surface area contributed by atoms with E-state index in [0.717, 1.165) is 5.56 Å². The first-order valence-electron chi connectivity index (χ1n) is 10.7. The smallest absolute Gasteiger partial charge is 0.251 e. The van der Waals surface area contributed by atoms with E-state index < -0.39 is 0 Å². The molecule has 0 unspecified atom stereocenters. The average molecular weight is 442 g/mol. The highest BCUT2D eigenvalue weighted by atomic mass is 16.5. The zero-order chi connectivity index (χ0) is 23.5. The largest absolute Gasteiger partial charge is 0.490 e. The number of carbonyl (C=O) groups excluding carboxylic acids is 3. The normalized spacial score (nSPS) is 10.4. The van der Waals surface area contributed by atoms with Gasteiger partial charge in [0.25, 0.3) is 5.91 Å². The highest BCUT2D eigenvalue weighted by Crippen LogP contribution is 2.28. The fraction of sp³-hybridized carbons (Fsp3) is 0.375. The summed E-state index contributed by atoms with van der Waals surface area (Å²) >= 11 is 0. The Kier molecular flexibility index (Phi) is 9.53. The molecule has 0 fully saturated rings. The van der Waals surface area contributed by atoms with Crippen LogP contribution in [0, 0.1) is 5.92 Å². The zero-order valence-electron chi connectivity index (χ0n) is 19.0. The van der Waals surface area contributed by atoms with E-state index in [-0.39, 0.29) is 36.7 Å². The van der Waals surface area contributed by atoms with Crippen molar-refractivity contribution in [2.24, 2.45) is 5.92 Å². The summed E-state index contributed by atoms with van der Waals surface area (Å²) < 4.78 is 11.0. The molecule has 3 amide bonds. The molecule has 8 heteroatoms. The Morgan fingerprint density at radius 2 is 1.62 bits per heavy atom. The molecular weight excluding hydrogens is 410 g/mol. The topological polar surface area (TPSA) is 106 Å². The van der Waals surface area contributed by atoms with Gasteiger partial charge in [-0.2, -0.15) is 0 Å². The number of benzene rings is 2. The molecule has 3 N–H and O–H groups in total. The molecule has 0 saturated carbocycles. The van der Waals surface area contributed by atoms with Gasteiger partial charge in [-0.3, -0.25) is 14.4 Å². The van der Waals surface area contributed by atoms with Gasteiger partial charge in [0.1, 0.15) is 0 Å². The van der Waals surface area contributed by atoms with Crippen LogP contribution in [-0.2, 0) is 16.1 Å². The first-order valence-corrected chi connectivity index (χ1v) is 10.7. The van der Waals surface area contributed by atoms with Crippen LogP contribution < -0.4 is 25.4 Å². The van der Waals surface area contributed by atoms with E-state index in [2.05, 4.69) is 16.0 Å². The highest BCUT2D eigenvalue weighted by molar-refractivity contribution is 5.97. The van der Waals surface area contributed by atoms with Gasteiger partial charge in [0.2, 0.25) is 11.8 Å². The number of nitrogens with one attached hydrogen (secondary N) is 3. The van der Waals surface area contributed by atoms with Gasteiger partial charge in [-0.25, -0.2) is 0 Å². The van der Waals surface area contributed by atoms with E-state index >= 15 is 0 Å². The summed E-state index contributed by atoms with van der Waals surface area (Å²) in [7, 11) is 0. The van der Waals surface area contributed by atoms with E-state index in [1.807, 2.05) is 33.8 Å². The lowest BCUT2D eigenvalue weighted by atomic mass is 10.1. The fourth-order valence-electron chi connectivity index (χ4n) is 2.76. The van der Waals surface area contributed by atoms with Gasteiger partial charge in [-0.05, 0) is 49.7 Å². The monoisotopic (exact) mass is 441 g/mol. The summed E-state index contributed by atoms with van der Waals surface area (Å²) in [6.45, 7) is 8.39. The number of ether oxygens (including phenoxy) is 2. The second-order valence-corrected chi connectivity index (χ2v) is 7.33. The van der Waals surface area contributed by atoms with Crippen molar-refractivity contribution in [2.75, 3.05) is 25.1 Å². The predicted molar refractivity (Wildman–Crippen MR) is 123 cm³/mol. The molecule has 2 rings (SSSR count). The minimum absolute atomic E-state index is 0.0734. The van der Waals surface area contributed by atoms with Crippen LogP contribution in [0.5, 0.6) is 11.5 Å². The van der Waals surface area contributed by atoms with Gasteiger partial charge >= 0.3 is 0 Å². The minimum atomic E-state index is -0.387. The second kappa shape index (κ2) is 12.3. The number of rotatable bonds is 11. The Hall–Kier alpha value is -3.55. The summed E-state index contributed by atoms with van der Waals surface area (Å²) in [6.07, 6.45) is 0. The predicted octanol–water partition coefficient (Wildman–Crippen LogP) is 3.12. The summed E-state index contributed by atoms with van der Waals surface area (Å²) in [5.41, 5.74) is 1.88. The number of hydrogen-bond acceptors (Lipinski definition) is 5. The Labute approximate surface area is 188 Å². The molecule has 32 heavy (non-hydrogen) atoms. The molecule has 0 heterocycles. The quantitative estimate of drug-likeness (QED) is 0.497. The van der Waals surface area contributed by atoms with Crippen LogP contribution in [0.3, 0.4) is 0 Å². The van der Waals surface area contributed by atoms with Crippen LogP contribution in [0.2, 0.25) is 0 Å². The van der Waals surface area contributed by atoms with Crippen LogP contribution in [0.25, 0.3) is 0 Å². The molecule has 0 bridgehead atoms. The summed E-state index contributed by atoms with van der Waals surface area (Å²) in [5.74, 6) is 0.137. The Balaban J connectivity index is 1.87. The van der Waals surface area contributed by atoms with Crippen LogP contribution >= 0.6 is 0 Å². The molecule has 2 aromatic rings. The standard InChI is InChI=1S/C24H31N3O5/c1-5-31-20-11-10-18(13-21(20)32-6-2)24(30)26-15-22(28)25-14-17-8-7-9-19(12-17)27-23(29)16(3)4/h7-13,16H,5-6,14-15H2,1-4H3,(H,25,28)(H,26,30)(H,27,29). The third-order valence-corrected chi connectivity index (χ3v) is 4.42. The van der Waals surface area contributed by atoms with Gasteiger partial charge in [-0.1, -0.05) is 26.0 Å². The third kappa shape index (κ3) is 7.61. The maximum atomic E-state index is 12.4. The maximum Gasteiger partial charge on any atom is 0.251 e. The van der Waals surface area contributed by atoms with E-state index in [1.54, 1.807) is 36.4 Å². The summed E-state index contributed by atoms with van der Waals surface area (Å²) in [5, 5.41) is 8.18. The number of anilines is 1. The molecule has 0 spiro atoms. The first kappa shape index (κ1) is 24.7. The van der Waals surface area contributed by atoms with Crippen molar-refractivity contribution >= 4 is 23.4 Å². The second-order valence-electron chi connectivity index (χ2n) is 7.33. The molecule has 0 atom stereocenters. The Morgan fingerprint density at radius 3 is 2.31 bits per heavy atom. The lowest BCUT2D eigenvalue weighted by Gasteiger charge is -2.13. The Morgan fingerprint density at radius 1 is 0.906 bits per heavy atom. The van der Waals surface area contributed by atoms with Gasteiger partial charge in [0.05, 0.1) is 19.8 Å². The van der Waals surface area contributed by atoms with Gasteiger partial charge in [0, 0.05) is 23.7 Å². The van der Waals surface area contributed by atoms with E-state index in [1.165, 1.54) is 0 Å². The summed E-state index contributed by atoms with van der Waals surface area (Å²) in [6, 6.07) is 12.1. The molecule has 0 aromatic heterocycles. The van der Waals surface area contributed by atoms with Crippen LogP contribution in [0.1, 0.15) is 43.6 Å². The van der Waals surface area contributed by atoms with Crippen LogP contribution in [0.15, 0.2) is 42.5 Å². The first-order chi connectivity index (χ1) is 15.3. The van der Waals surface area contributed by atoms with Crippen molar-refractivity contribution in [1.82, 2.24) is 10.6 Å². The van der Waals surface area contributed by atoms with Gasteiger partial charge in [0.15, 0.2) is 11.5 Å². The van der Waals surface area contributed by atoms with E-state index in [9.17, 15) is 14.4 Å². The highest BCUT2D eigenvalue weighted by Gasteiger charge is 2.13. The van der Waals surface area contributed by atoms with Crippen molar-refractivity contribution in [3.63, 3.8) is 0 Å². The SMILES string of the molecule is CCOc1ccc(C(=O)NCC(=O)NCc2cccc(NC(=O)C(C)C)c2)cc1OCC. The van der Waals surface area contributed by atoms with Crippen molar-refractivity contribution in [3.05, 3.63) is 53.6 Å². The molecular formula is C24H31N3O5. The number of amides is 3. The Bertz CT molecular complexity index is 943. The lowest BCUT2D eigenvalue weighted by Crippen LogP contribution is -2.36. The number of hydrogen-bond donors (Lipinski definition) is 3. The molecule has 0 saturated heterocycles. The zero-order valence-corrected chi connectivity index (χ0v) is 19.0. The molecule has 0 aliphatic carbocycles.